The summed E-state index contributed by atoms with van der Waals surface area (Å²) < 4.78 is 0. The van der Waals surface area contributed by atoms with E-state index >= 15 is 0 Å². The van der Waals surface area contributed by atoms with Crippen LogP contribution in [-0.4, -0.2) is 11.2 Å². The van der Waals surface area contributed by atoms with Crippen molar-refractivity contribution in [1.82, 2.24) is 0 Å². The summed E-state index contributed by atoms with van der Waals surface area (Å²) in [6.45, 7) is 4.74. The maximum absolute atomic E-state index is 10.5. The van der Waals surface area contributed by atoms with Gasteiger partial charge in [-0.1, -0.05) is 33.1 Å². The number of aliphatic hydroxyl groups is 1. The van der Waals surface area contributed by atoms with Crippen LogP contribution in [0.15, 0.2) is 0 Å². The summed E-state index contributed by atoms with van der Waals surface area (Å²) in [4.78, 5) is 0. The van der Waals surface area contributed by atoms with E-state index < -0.39 is 0 Å². The fraction of sp³-hybridized carbons (Fsp3) is 1.00. The van der Waals surface area contributed by atoms with Crippen molar-refractivity contribution in [3.8, 4) is 0 Å². The van der Waals surface area contributed by atoms with E-state index in [0.29, 0.717) is 17.3 Å². The molecule has 1 atom stereocenters. The molecule has 0 saturated heterocycles. The highest BCUT2D eigenvalue weighted by Gasteiger charge is 2.34. The summed E-state index contributed by atoms with van der Waals surface area (Å²) in [5.74, 6) is 1.23. The molecule has 94 valence electrons. The third-order valence-corrected chi connectivity index (χ3v) is 5.00. The summed E-state index contributed by atoms with van der Waals surface area (Å²) in [7, 11) is 0. The smallest absolute Gasteiger partial charge is 0.0596 e. The second-order valence-electron chi connectivity index (χ2n) is 6.89. The van der Waals surface area contributed by atoms with Crippen molar-refractivity contribution >= 4 is 0 Å². The Morgan fingerprint density at radius 1 is 0.875 bits per heavy atom. The topological polar surface area (TPSA) is 20.2 Å². The van der Waals surface area contributed by atoms with Crippen LogP contribution in [0.1, 0.15) is 71.6 Å². The Kier molecular flexibility index (Phi) is 3.94. The molecule has 0 heterocycles. The summed E-state index contributed by atoms with van der Waals surface area (Å²) in [6, 6.07) is 0. The van der Waals surface area contributed by atoms with Crippen LogP contribution in [0.25, 0.3) is 0 Å². The average Bonchev–Trinajstić information content (AvgIpc) is 2.29. The molecule has 0 bridgehead atoms. The number of hydrogen-bond donors (Lipinski definition) is 1. The Morgan fingerprint density at radius 2 is 1.38 bits per heavy atom. The van der Waals surface area contributed by atoms with Crippen molar-refractivity contribution < 1.29 is 5.11 Å². The molecule has 0 radical (unpaired) electrons. The molecule has 2 rings (SSSR count). The molecule has 0 spiro atoms. The van der Waals surface area contributed by atoms with Gasteiger partial charge in [-0.3, -0.25) is 0 Å². The Morgan fingerprint density at radius 3 is 1.94 bits per heavy atom. The second-order valence-corrected chi connectivity index (χ2v) is 6.89. The van der Waals surface area contributed by atoms with Crippen molar-refractivity contribution in [2.45, 2.75) is 77.7 Å². The van der Waals surface area contributed by atoms with Gasteiger partial charge in [0.15, 0.2) is 0 Å². The van der Waals surface area contributed by atoms with E-state index in [-0.39, 0.29) is 6.10 Å². The first-order chi connectivity index (χ1) is 7.58. The van der Waals surface area contributed by atoms with Gasteiger partial charge < -0.3 is 5.11 Å². The Balaban J connectivity index is 1.83. The standard InChI is InChI=1S/C15H28O/c1-15(2)10-8-13(9-11-15)14(16)12-6-4-3-5-7-12/h12-14,16H,3-11H2,1-2H3. The molecule has 0 aromatic heterocycles. The fourth-order valence-corrected chi connectivity index (χ4v) is 3.62. The zero-order chi connectivity index (χ0) is 11.6. The van der Waals surface area contributed by atoms with Crippen LogP contribution in [0.4, 0.5) is 0 Å². The lowest BCUT2D eigenvalue weighted by atomic mass is 9.68. The molecule has 2 aliphatic carbocycles. The van der Waals surface area contributed by atoms with Crippen molar-refractivity contribution in [1.29, 1.82) is 0 Å². The number of hydrogen-bond acceptors (Lipinski definition) is 1. The van der Waals surface area contributed by atoms with Crippen LogP contribution in [0.3, 0.4) is 0 Å². The number of rotatable bonds is 2. The summed E-state index contributed by atoms with van der Waals surface area (Å²) in [5, 5.41) is 10.5. The van der Waals surface area contributed by atoms with E-state index in [1.807, 2.05) is 0 Å². The van der Waals surface area contributed by atoms with E-state index in [2.05, 4.69) is 13.8 Å². The first kappa shape index (κ1) is 12.4. The molecule has 1 N–H and O–H groups in total. The van der Waals surface area contributed by atoms with Crippen molar-refractivity contribution in [3.63, 3.8) is 0 Å². The van der Waals surface area contributed by atoms with E-state index in [1.165, 1.54) is 57.8 Å². The molecular weight excluding hydrogens is 196 g/mol. The minimum Gasteiger partial charge on any atom is -0.393 e. The SMILES string of the molecule is CC1(C)CCC(C(O)C2CCCCC2)CC1. The predicted molar refractivity (Wildman–Crippen MR) is 68.3 cm³/mol. The van der Waals surface area contributed by atoms with Crippen LogP contribution in [0.5, 0.6) is 0 Å². The molecule has 0 aromatic carbocycles. The van der Waals surface area contributed by atoms with Crippen LogP contribution in [0, 0.1) is 17.3 Å². The van der Waals surface area contributed by atoms with E-state index in [9.17, 15) is 5.11 Å². The molecule has 0 aliphatic heterocycles. The molecular formula is C15H28O. The Hall–Kier alpha value is -0.0400. The molecule has 2 saturated carbocycles. The van der Waals surface area contributed by atoms with Crippen LogP contribution in [0.2, 0.25) is 0 Å². The van der Waals surface area contributed by atoms with Gasteiger partial charge in [0.1, 0.15) is 0 Å². The zero-order valence-corrected chi connectivity index (χ0v) is 11.0. The first-order valence-electron chi connectivity index (χ1n) is 7.26. The highest BCUT2D eigenvalue weighted by Crippen LogP contribution is 2.42. The summed E-state index contributed by atoms with van der Waals surface area (Å²) in [5.41, 5.74) is 0.531. The molecule has 1 nitrogen and oxygen atoms in total. The van der Waals surface area contributed by atoms with E-state index in [4.69, 9.17) is 0 Å². The van der Waals surface area contributed by atoms with Crippen molar-refractivity contribution in [3.05, 3.63) is 0 Å². The minimum absolute atomic E-state index is 0.0106. The highest BCUT2D eigenvalue weighted by molar-refractivity contribution is 4.85. The summed E-state index contributed by atoms with van der Waals surface area (Å²) in [6.07, 6.45) is 11.8. The van der Waals surface area contributed by atoms with Crippen LogP contribution >= 0.6 is 0 Å². The normalized spacial score (nSPS) is 30.2. The van der Waals surface area contributed by atoms with Gasteiger partial charge in [0.05, 0.1) is 6.10 Å². The fourth-order valence-electron chi connectivity index (χ4n) is 3.62. The Labute approximate surface area is 101 Å². The van der Waals surface area contributed by atoms with E-state index in [0.717, 1.165) is 0 Å². The molecule has 2 fully saturated rings. The molecule has 0 aromatic rings. The zero-order valence-electron chi connectivity index (χ0n) is 11.0. The molecule has 1 unspecified atom stereocenters. The number of aliphatic hydroxyl groups excluding tert-OH is 1. The lowest BCUT2D eigenvalue weighted by Gasteiger charge is -2.39. The van der Waals surface area contributed by atoms with Crippen molar-refractivity contribution in [2.24, 2.45) is 17.3 Å². The monoisotopic (exact) mass is 224 g/mol. The van der Waals surface area contributed by atoms with E-state index in [1.54, 1.807) is 0 Å². The van der Waals surface area contributed by atoms with Gasteiger partial charge in [-0.15, -0.1) is 0 Å². The first-order valence-corrected chi connectivity index (χ1v) is 7.26. The third-order valence-electron chi connectivity index (χ3n) is 5.00. The largest absolute Gasteiger partial charge is 0.393 e. The third kappa shape index (κ3) is 3.00. The quantitative estimate of drug-likeness (QED) is 0.747. The highest BCUT2D eigenvalue weighted by atomic mass is 16.3. The van der Waals surface area contributed by atoms with Crippen LogP contribution < -0.4 is 0 Å². The lowest BCUT2D eigenvalue weighted by Crippen LogP contribution is -2.34. The maximum Gasteiger partial charge on any atom is 0.0596 e. The molecule has 2 aliphatic rings. The minimum atomic E-state index is 0.0106. The van der Waals surface area contributed by atoms with Gasteiger partial charge >= 0.3 is 0 Å². The average molecular weight is 224 g/mol. The van der Waals surface area contributed by atoms with Gasteiger partial charge in [-0.25, -0.2) is 0 Å². The van der Waals surface area contributed by atoms with Gasteiger partial charge in [-0.2, -0.15) is 0 Å². The molecule has 16 heavy (non-hydrogen) atoms. The molecule has 1 heteroatoms. The summed E-state index contributed by atoms with van der Waals surface area (Å²) >= 11 is 0. The van der Waals surface area contributed by atoms with Gasteiger partial charge in [0.25, 0.3) is 0 Å². The van der Waals surface area contributed by atoms with Gasteiger partial charge in [0.2, 0.25) is 0 Å². The lowest BCUT2D eigenvalue weighted by molar-refractivity contribution is 0.00332. The van der Waals surface area contributed by atoms with Crippen LogP contribution in [-0.2, 0) is 0 Å². The second kappa shape index (κ2) is 5.08. The molecule has 0 amide bonds. The maximum atomic E-state index is 10.5. The van der Waals surface area contributed by atoms with Gasteiger partial charge in [-0.05, 0) is 55.8 Å². The predicted octanol–water partition coefficient (Wildman–Crippen LogP) is 4.14. The van der Waals surface area contributed by atoms with Gasteiger partial charge in [0, 0.05) is 0 Å². The van der Waals surface area contributed by atoms with Crippen molar-refractivity contribution in [2.75, 3.05) is 0 Å². The Bertz CT molecular complexity index is 205.